The van der Waals surface area contributed by atoms with Gasteiger partial charge < -0.3 is 10.2 Å². The van der Waals surface area contributed by atoms with E-state index >= 15 is 0 Å². The van der Waals surface area contributed by atoms with Gasteiger partial charge in [0.1, 0.15) is 0 Å². The number of rotatable bonds is 4. The quantitative estimate of drug-likeness (QED) is 0.791. The van der Waals surface area contributed by atoms with Crippen LogP contribution in [0.25, 0.3) is 12.2 Å². The van der Waals surface area contributed by atoms with E-state index in [9.17, 15) is 14.4 Å². The van der Waals surface area contributed by atoms with Crippen LogP contribution in [0.4, 0.5) is 0 Å². The minimum absolute atomic E-state index is 0.0223. The van der Waals surface area contributed by atoms with E-state index < -0.39 is 11.9 Å². The number of ketones is 1. The molecule has 1 saturated carbocycles. The molecule has 2 aromatic carbocycles. The highest BCUT2D eigenvalue weighted by molar-refractivity contribution is 6.14. The lowest BCUT2D eigenvalue weighted by molar-refractivity contribution is -0.112. The smallest absolute Gasteiger partial charge is 0.335 e. The van der Waals surface area contributed by atoms with Crippen LogP contribution in [-0.4, -0.2) is 27.9 Å². The highest BCUT2D eigenvalue weighted by Gasteiger charge is 2.20. The molecule has 0 heterocycles. The fourth-order valence-corrected chi connectivity index (χ4v) is 3.02. The van der Waals surface area contributed by atoms with Crippen LogP contribution in [0, 0.1) is 0 Å². The summed E-state index contributed by atoms with van der Waals surface area (Å²) in [5.74, 6) is -1.99. The Morgan fingerprint density at radius 1 is 0.704 bits per heavy atom. The van der Waals surface area contributed by atoms with E-state index in [0.29, 0.717) is 24.0 Å². The van der Waals surface area contributed by atoms with E-state index in [1.165, 1.54) is 24.3 Å². The van der Waals surface area contributed by atoms with Gasteiger partial charge in [0, 0.05) is 11.1 Å². The van der Waals surface area contributed by atoms with E-state index in [1.54, 1.807) is 36.4 Å². The van der Waals surface area contributed by atoms with Crippen molar-refractivity contribution in [2.24, 2.45) is 0 Å². The highest BCUT2D eigenvalue weighted by atomic mass is 16.4. The lowest BCUT2D eigenvalue weighted by Gasteiger charge is -2.16. The third-order valence-electron chi connectivity index (χ3n) is 4.47. The molecule has 1 aliphatic rings. The van der Waals surface area contributed by atoms with Crippen molar-refractivity contribution < 1.29 is 24.6 Å². The van der Waals surface area contributed by atoms with Crippen LogP contribution in [0.2, 0.25) is 0 Å². The molecule has 0 saturated heterocycles. The molecular formula is C22H18O5. The van der Waals surface area contributed by atoms with Gasteiger partial charge in [0.2, 0.25) is 0 Å². The molecule has 1 fully saturated rings. The van der Waals surface area contributed by atoms with Crippen LogP contribution in [0.5, 0.6) is 0 Å². The van der Waals surface area contributed by atoms with Crippen LogP contribution >= 0.6 is 0 Å². The average molecular weight is 362 g/mol. The number of benzene rings is 2. The number of aromatic carboxylic acids is 2. The maximum Gasteiger partial charge on any atom is 0.335 e. The molecule has 2 N–H and O–H groups in total. The summed E-state index contributed by atoms with van der Waals surface area (Å²) >= 11 is 0. The summed E-state index contributed by atoms with van der Waals surface area (Å²) in [6.45, 7) is 0. The van der Waals surface area contributed by atoms with Gasteiger partial charge >= 0.3 is 11.9 Å². The fraction of sp³-hybridized carbons (Fsp3) is 0.136. The Hall–Kier alpha value is -3.47. The van der Waals surface area contributed by atoms with Gasteiger partial charge in [0.15, 0.2) is 5.78 Å². The summed E-state index contributed by atoms with van der Waals surface area (Å²) in [7, 11) is 0. The maximum absolute atomic E-state index is 12.8. The van der Waals surface area contributed by atoms with E-state index in [-0.39, 0.29) is 16.9 Å². The summed E-state index contributed by atoms with van der Waals surface area (Å²) in [4.78, 5) is 34.6. The summed E-state index contributed by atoms with van der Waals surface area (Å²) in [6, 6.07) is 12.8. The summed E-state index contributed by atoms with van der Waals surface area (Å²) in [5, 5.41) is 17.9. The number of carboxylic acids is 2. The lowest BCUT2D eigenvalue weighted by atomic mass is 9.86. The van der Waals surface area contributed by atoms with Crippen LogP contribution < -0.4 is 0 Å². The molecule has 27 heavy (non-hydrogen) atoms. The molecule has 0 radical (unpaired) electrons. The molecule has 5 heteroatoms. The molecule has 5 nitrogen and oxygen atoms in total. The van der Waals surface area contributed by atoms with Crippen molar-refractivity contribution in [2.45, 2.75) is 19.3 Å². The topological polar surface area (TPSA) is 91.7 Å². The molecule has 1 aliphatic carbocycles. The Morgan fingerprint density at radius 3 is 1.41 bits per heavy atom. The number of hydrogen-bond donors (Lipinski definition) is 2. The van der Waals surface area contributed by atoms with E-state index in [2.05, 4.69) is 0 Å². The van der Waals surface area contributed by atoms with Gasteiger partial charge in [-0.15, -0.1) is 0 Å². The second kappa shape index (κ2) is 7.83. The Bertz CT molecular complexity index is 870. The number of carbonyl (C=O) groups excluding carboxylic acids is 1. The summed E-state index contributed by atoms with van der Waals surface area (Å²) in [5.41, 5.74) is 3.37. The van der Waals surface area contributed by atoms with Crippen molar-refractivity contribution >= 4 is 29.9 Å². The van der Waals surface area contributed by atoms with Crippen molar-refractivity contribution in [3.63, 3.8) is 0 Å². The predicted molar refractivity (Wildman–Crippen MR) is 102 cm³/mol. The average Bonchev–Trinajstić information content (AvgIpc) is 2.66. The van der Waals surface area contributed by atoms with Crippen LogP contribution in [-0.2, 0) is 4.79 Å². The molecule has 2 aromatic rings. The number of hydrogen-bond acceptors (Lipinski definition) is 3. The second-order valence-electron chi connectivity index (χ2n) is 6.38. The van der Waals surface area contributed by atoms with Crippen molar-refractivity contribution in [3.8, 4) is 0 Å². The van der Waals surface area contributed by atoms with Gasteiger partial charge in [-0.05, 0) is 66.8 Å². The first-order chi connectivity index (χ1) is 12.9. The zero-order valence-electron chi connectivity index (χ0n) is 14.5. The van der Waals surface area contributed by atoms with Crippen molar-refractivity contribution in [2.75, 3.05) is 0 Å². The third kappa shape index (κ3) is 4.39. The SMILES string of the molecule is O=C1C(=Cc2ccc(C(=O)O)cc2)CCCC1=Cc1ccc(C(=O)O)cc1. The van der Waals surface area contributed by atoms with E-state index in [0.717, 1.165) is 17.5 Å². The molecule has 0 amide bonds. The minimum Gasteiger partial charge on any atom is -0.478 e. The van der Waals surface area contributed by atoms with Crippen molar-refractivity contribution in [1.82, 2.24) is 0 Å². The Labute approximate surface area is 156 Å². The summed E-state index contributed by atoms with van der Waals surface area (Å²) in [6.07, 6.45) is 5.80. The Kier molecular flexibility index (Phi) is 5.31. The lowest BCUT2D eigenvalue weighted by Crippen LogP contribution is -2.12. The van der Waals surface area contributed by atoms with Gasteiger partial charge in [-0.3, -0.25) is 4.79 Å². The van der Waals surface area contributed by atoms with Gasteiger partial charge in [-0.1, -0.05) is 24.3 Å². The second-order valence-corrected chi connectivity index (χ2v) is 6.38. The largest absolute Gasteiger partial charge is 0.478 e. The molecule has 0 bridgehead atoms. The fourth-order valence-electron chi connectivity index (χ4n) is 3.02. The first-order valence-electron chi connectivity index (χ1n) is 8.56. The Morgan fingerprint density at radius 2 is 1.07 bits per heavy atom. The Balaban J connectivity index is 1.82. The maximum atomic E-state index is 12.8. The first-order valence-corrected chi connectivity index (χ1v) is 8.56. The highest BCUT2D eigenvalue weighted by Crippen LogP contribution is 2.28. The van der Waals surface area contributed by atoms with Gasteiger partial charge in [-0.2, -0.15) is 0 Å². The number of carbonyl (C=O) groups is 3. The molecule has 0 unspecified atom stereocenters. The third-order valence-corrected chi connectivity index (χ3v) is 4.47. The minimum atomic E-state index is -0.984. The molecule has 3 rings (SSSR count). The zero-order chi connectivity index (χ0) is 19.4. The normalized spacial score (nSPS) is 17.3. The van der Waals surface area contributed by atoms with Crippen molar-refractivity contribution in [3.05, 3.63) is 81.9 Å². The number of Topliss-reactive ketones (excluding diaryl/α,β-unsaturated/α-hetero) is 1. The van der Waals surface area contributed by atoms with Crippen LogP contribution in [0.1, 0.15) is 51.1 Å². The zero-order valence-corrected chi connectivity index (χ0v) is 14.5. The van der Waals surface area contributed by atoms with Gasteiger partial charge in [0.05, 0.1) is 11.1 Å². The monoisotopic (exact) mass is 362 g/mol. The molecule has 0 aromatic heterocycles. The van der Waals surface area contributed by atoms with Crippen LogP contribution in [0.15, 0.2) is 59.7 Å². The molecule has 0 atom stereocenters. The van der Waals surface area contributed by atoms with Crippen molar-refractivity contribution in [1.29, 1.82) is 0 Å². The molecule has 0 spiro atoms. The standard InChI is InChI=1S/C22H18O5/c23-20-18(12-14-4-8-16(9-5-14)21(24)25)2-1-3-19(20)13-15-6-10-17(11-7-15)22(26)27/h4-13H,1-3H2,(H,24,25)(H,26,27). The van der Waals surface area contributed by atoms with E-state index in [1.807, 2.05) is 0 Å². The first kappa shape index (κ1) is 18.3. The van der Waals surface area contributed by atoms with Crippen LogP contribution in [0.3, 0.4) is 0 Å². The van der Waals surface area contributed by atoms with Gasteiger partial charge in [-0.25, -0.2) is 9.59 Å². The molecule has 0 aliphatic heterocycles. The predicted octanol–water partition coefficient (Wildman–Crippen LogP) is 4.30. The van der Waals surface area contributed by atoms with Gasteiger partial charge in [0.25, 0.3) is 0 Å². The molecular weight excluding hydrogens is 344 g/mol. The number of carboxylic acid groups (broad SMARTS) is 2. The number of allylic oxidation sites excluding steroid dienone is 2. The molecule has 136 valence electrons. The van der Waals surface area contributed by atoms with E-state index in [4.69, 9.17) is 10.2 Å². The summed E-state index contributed by atoms with van der Waals surface area (Å²) < 4.78 is 0.